The molecule has 1 unspecified atom stereocenters. The first-order valence-corrected chi connectivity index (χ1v) is 11.9. The second kappa shape index (κ2) is 8.90. The van der Waals surface area contributed by atoms with E-state index >= 15 is 0 Å². The maximum atomic E-state index is 13.7. The summed E-state index contributed by atoms with van der Waals surface area (Å²) in [4.78, 5) is 33.9. The highest BCUT2D eigenvalue weighted by molar-refractivity contribution is 6.08. The molecule has 9 heteroatoms. The molecule has 4 N–H and O–H groups in total. The molecule has 2 aliphatic rings. The molecule has 9 nitrogen and oxygen atoms in total. The third-order valence-electron chi connectivity index (χ3n) is 6.94. The van der Waals surface area contributed by atoms with Crippen LogP contribution in [-0.4, -0.2) is 75.3 Å². The number of benzene rings is 2. The molecule has 184 valence electrons. The summed E-state index contributed by atoms with van der Waals surface area (Å²) < 4.78 is 5.72. The average Bonchev–Trinajstić information content (AvgIpc) is 3.28. The van der Waals surface area contributed by atoms with E-state index in [1.807, 2.05) is 38.1 Å². The number of aliphatic hydroxyl groups is 1. The normalized spacial score (nSPS) is 21.5. The van der Waals surface area contributed by atoms with Crippen molar-refractivity contribution in [3.63, 3.8) is 0 Å². The minimum absolute atomic E-state index is 0.0171. The lowest BCUT2D eigenvalue weighted by atomic mass is 9.81. The number of phenols is 1. The summed E-state index contributed by atoms with van der Waals surface area (Å²) in [5.41, 5.74) is 2.33. The number of ether oxygens (including phenoxy) is 1. The van der Waals surface area contributed by atoms with Gasteiger partial charge in [-0.3, -0.25) is 14.6 Å². The fourth-order valence-corrected chi connectivity index (χ4v) is 5.38. The summed E-state index contributed by atoms with van der Waals surface area (Å²) in [5, 5.41) is 23.2. The summed E-state index contributed by atoms with van der Waals surface area (Å²) in [6.45, 7) is 5.27. The van der Waals surface area contributed by atoms with Gasteiger partial charge in [-0.15, -0.1) is 0 Å². The van der Waals surface area contributed by atoms with Crippen LogP contribution in [0.2, 0.25) is 0 Å². The van der Waals surface area contributed by atoms with Gasteiger partial charge < -0.3 is 25.3 Å². The Morgan fingerprint density at radius 2 is 2.03 bits per heavy atom. The lowest BCUT2D eigenvalue weighted by Crippen LogP contribution is -2.53. The number of carbonyl (C=O) groups excluding carboxylic acids is 2. The van der Waals surface area contributed by atoms with Gasteiger partial charge in [-0.05, 0) is 55.3 Å². The van der Waals surface area contributed by atoms with E-state index in [0.29, 0.717) is 26.1 Å². The number of H-pyrrole nitrogens is 1. The highest BCUT2D eigenvalue weighted by Gasteiger charge is 2.60. The molecule has 3 amide bonds. The molecule has 1 aromatic heterocycles. The molecule has 1 fully saturated rings. The number of aliphatic hydroxyl groups excluding tert-OH is 1. The predicted molar refractivity (Wildman–Crippen MR) is 130 cm³/mol. The van der Waals surface area contributed by atoms with Gasteiger partial charge >= 0.3 is 6.03 Å². The number of imide groups is 1. The quantitative estimate of drug-likeness (QED) is 0.292. The van der Waals surface area contributed by atoms with Crippen LogP contribution in [0.25, 0.3) is 10.9 Å². The van der Waals surface area contributed by atoms with Crippen LogP contribution in [-0.2, 0) is 11.2 Å². The highest BCUT2D eigenvalue weighted by Crippen LogP contribution is 2.49. The minimum Gasteiger partial charge on any atom is -0.508 e. The van der Waals surface area contributed by atoms with Gasteiger partial charge in [0.2, 0.25) is 0 Å². The molecule has 0 aliphatic carbocycles. The Morgan fingerprint density at radius 1 is 1.20 bits per heavy atom. The fourth-order valence-electron chi connectivity index (χ4n) is 5.38. The third kappa shape index (κ3) is 3.71. The van der Waals surface area contributed by atoms with Crippen molar-refractivity contribution in [2.75, 3.05) is 32.8 Å². The molecule has 2 atom stereocenters. The molecule has 0 saturated carbocycles. The molecule has 1 saturated heterocycles. The Hall–Kier alpha value is -3.56. The zero-order valence-electron chi connectivity index (χ0n) is 19.9. The van der Waals surface area contributed by atoms with Crippen molar-refractivity contribution in [1.82, 2.24) is 20.1 Å². The first kappa shape index (κ1) is 23.2. The predicted octanol–water partition coefficient (Wildman–Crippen LogP) is 2.52. The first-order valence-electron chi connectivity index (χ1n) is 11.9. The maximum absolute atomic E-state index is 13.7. The van der Waals surface area contributed by atoms with Crippen molar-refractivity contribution in [2.45, 2.75) is 31.8 Å². The zero-order chi connectivity index (χ0) is 24.7. The SMILES string of the molecule is CCOc1ccc2[nH]c3c(c2c1)C[C@@]1(C)C(=O)N(CCNCCO)C(=O)N1C3c1cccc(O)c1. The number of amides is 3. The Bertz CT molecular complexity index is 1290. The molecule has 3 heterocycles. The molecule has 35 heavy (non-hydrogen) atoms. The number of hydrogen-bond acceptors (Lipinski definition) is 6. The highest BCUT2D eigenvalue weighted by atomic mass is 16.5. The molecular formula is C26H30N4O5. The number of carbonyl (C=O) groups is 2. The Morgan fingerprint density at radius 3 is 2.77 bits per heavy atom. The van der Waals surface area contributed by atoms with Crippen LogP contribution in [0.3, 0.4) is 0 Å². The first-order chi connectivity index (χ1) is 16.9. The molecule has 0 radical (unpaired) electrons. The van der Waals surface area contributed by atoms with E-state index in [-0.39, 0.29) is 30.8 Å². The maximum Gasteiger partial charge on any atom is 0.328 e. The molecule has 2 aliphatic heterocycles. The van der Waals surface area contributed by atoms with E-state index in [2.05, 4.69) is 10.3 Å². The summed E-state index contributed by atoms with van der Waals surface area (Å²) in [6, 6.07) is 11.7. The van der Waals surface area contributed by atoms with Crippen molar-refractivity contribution >= 4 is 22.8 Å². The van der Waals surface area contributed by atoms with Gasteiger partial charge in [-0.25, -0.2) is 4.79 Å². The van der Waals surface area contributed by atoms with E-state index in [4.69, 9.17) is 9.84 Å². The van der Waals surface area contributed by atoms with Crippen molar-refractivity contribution in [1.29, 1.82) is 0 Å². The molecule has 0 spiro atoms. The number of fused-ring (bicyclic) bond motifs is 4. The lowest BCUT2D eigenvalue weighted by Gasteiger charge is -2.42. The number of nitrogens with one attached hydrogen (secondary N) is 2. The molecule has 2 aromatic carbocycles. The third-order valence-corrected chi connectivity index (χ3v) is 6.94. The van der Waals surface area contributed by atoms with Crippen molar-refractivity contribution in [3.8, 4) is 11.5 Å². The molecule has 5 rings (SSSR count). The number of aromatic hydroxyl groups is 1. The number of rotatable bonds is 8. The van der Waals surface area contributed by atoms with Gasteiger partial charge in [-0.1, -0.05) is 12.1 Å². The number of hydrogen-bond donors (Lipinski definition) is 4. The van der Waals surface area contributed by atoms with Crippen molar-refractivity contribution < 1.29 is 24.5 Å². The zero-order valence-corrected chi connectivity index (χ0v) is 19.9. The number of aromatic nitrogens is 1. The number of urea groups is 1. The van der Waals surface area contributed by atoms with E-state index in [0.717, 1.165) is 33.5 Å². The fraction of sp³-hybridized carbons (Fsp3) is 0.385. The summed E-state index contributed by atoms with van der Waals surface area (Å²) in [6.07, 6.45) is 0.359. The van der Waals surface area contributed by atoms with Gasteiger partial charge in [0.15, 0.2) is 0 Å². The Labute approximate surface area is 203 Å². The van der Waals surface area contributed by atoms with E-state index in [1.165, 1.54) is 4.90 Å². The second-order valence-electron chi connectivity index (χ2n) is 9.19. The van der Waals surface area contributed by atoms with Crippen LogP contribution in [0.5, 0.6) is 11.5 Å². The number of aromatic amines is 1. The van der Waals surface area contributed by atoms with Crippen LogP contribution in [0.4, 0.5) is 4.79 Å². The average molecular weight is 479 g/mol. The largest absolute Gasteiger partial charge is 0.508 e. The summed E-state index contributed by atoms with van der Waals surface area (Å²) in [5.74, 6) is 0.585. The van der Waals surface area contributed by atoms with Crippen LogP contribution in [0.1, 0.15) is 36.7 Å². The van der Waals surface area contributed by atoms with Crippen LogP contribution in [0, 0.1) is 0 Å². The van der Waals surface area contributed by atoms with Gasteiger partial charge in [0.1, 0.15) is 23.1 Å². The molecule has 3 aromatic rings. The Balaban J connectivity index is 1.64. The minimum atomic E-state index is -1.09. The second-order valence-corrected chi connectivity index (χ2v) is 9.19. The van der Waals surface area contributed by atoms with E-state index in [1.54, 1.807) is 23.1 Å². The number of nitrogens with zero attached hydrogens (tertiary/aromatic N) is 2. The van der Waals surface area contributed by atoms with Gasteiger partial charge in [0, 0.05) is 42.7 Å². The molecule has 0 bridgehead atoms. The van der Waals surface area contributed by atoms with Gasteiger partial charge in [-0.2, -0.15) is 0 Å². The van der Waals surface area contributed by atoms with Crippen LogP contribution in [0.15, 0.2) is 42.5 Å². The van der Waals surface area contributed by atoms with Crippen LogP contribution >= 0.6 is 0 Å². The van der Waals surface area contributed by atoms with E-state index < -0.39 is 11.6 Å². The number of phenolic OH excluding ortho intramolecular Hbond substituents is 1. The Kier molecular flexibility index (Phi) is 5.90. The lowest BCUT2D eigenvalue weighted by molar-refractivity contribution is -0.133. The van der Waals surface area contributed by atoms with Crippen molar-refractivity contribution in [2.24, 2.45) is 0 Å². The molecular weight excluding hydrogens is 448 g/mol. The standard InChI is InChI=1S/C26H30N4O5/c1-3-35-18-7-8-21-19(14-18)20-15-26(2)24(33)29(11-9-27-10-12-31)25(34)30(26)23(22(20)28-21)16-5-4-6-17(32)13-16/h4-8,13-14,23,27-28,31-32H,3,9-12,15H2,1-2H3/t23?,26-/m0/s1. The van der Waals surface area contributed by atoms with Gasteiger partial charge in [0.25, 0.3) is 5.91 Å². The van der Waals surface area contributed by atoms with Crippen LogP contribution < -0.4 is 10.1 Å². The monoisotopic (exact) mass is 478 g/mol. The topological polar surface area (TPSA) is 118 Å². The van der Waals surface area contributed by atoms with Crippen molar-refractivity contribution in [3.05, 3.63) is 59.3 Å². The summed E-state index contributed by atoms with van der Waals surface area (Å²) in [7, 11) is 0. The summed E-state index contributed by atoms with van der Waals surface area (Å²) >= 11 is 0. The van der Waals surface area contributed by atoms with E-state index in [9.17, 15) is 14.7 Å². The van der Waals surface area contributed by atoms with Gasteiger partial charge in [0.05, 0.1) is 13.2 Å². The smallest absolute Gasteiger partial charge is 0.328 e.